The summed E-state index contributed by atoms with van der Waals surface area (Å²) in [5, 5.41) is 0. The Labute approximate surface area is 115 Å². The van der Waals surface area contributed by atoms with Gasteiger partial charge in [-0.1, -0.05) is 32.0 Å². The Morgan fingerprint density at radius 2 is 2.00 bits per heavy atom. The van der Waals surface area contributed by atoms with Gasteiger partial charge in [0.25, 0.3) is 0 Å². The first-order valence-electron chi connectivity index (χ1n) is 7.03. The Balaban J connectivity index is 2.09. The van der Waals surface area contributed by atoms with Crippen molar-refractivity contribution >= 4 is 5.91 Å². The summed E-state index contributed by atoms with van der Waals surface area (Å²) >= 11 is 0. The van der Waals surface area contributed by atoms with Crippen LogP contribution in [0.2, 0.25) is 0 Å². The standard InChI is InChI=1S/C16H23NO2/c1-12(2)14-5-4-13(3)15(10-14)11-16(18)17-6-8-19-9-7-17/h4-5,10,12H,6-9,11H2,1-3H3. The number of amides is 1. The Kier molecular flexibility index (Phi) is 4.59. The van der Waals surface area contributed by atoms with E-state index in [0.717, 1.165) is 18.7 Å². The second-order valence-corrected chi connectivity index (χ2v) is 5.51. The van der Waals surface area contributed by atoms with Gasteiger partial charge in [-0.25, -0.2) is 0 Å². The van der Waals surface area contributed by atoms with Crippen LogP contribution in [0.25, 0.3) is 0 Å². The number of benzene rings is 1. The summed E-state index contributed by atoms with van der Waals surface area (Å²) < 4.78 is 5.28. The third-order valence-electron chi connectivity index (χ3n) is 3.75. The third-order valence-corrected chi connectivity index (χ3v) is 3.75. The predicted octanol–water partition coefficient (Wildman–Crippen LogP) is 2.52. The van der Waals surface area contributed by atoms with Gasteiger partial charge in [0, 0.05) is 13.1 Å². The Morgan fingerprint density at radius 3 is 2.63 bits per heavy atom. The molecule has 0 saturated carbocycles. The lowest BCUT2D eigenvalue weighted by Crippen LogP contribution is -2.41. The van der Waals surface area contributed by atoms with Crippen molar-refractivity contribution in [2.45, 2.75) is 33.1 Å². The van der Waals surface area contributed by atoms with Crippen LogP contribution < -0.4 is 0 Å². The molecule has 0 aromatic heterocycles. The molecule has 3 heteroatoms. The average Bonchev–Trinajstić information content (AvgIpc) is 2.42. The number of rotatable bonds is 3. The first-order chi connectivity index (χ1) is 9.08. The largest absolute Gasteiger partial charge is 0.378 e. The van der Waals surface area contributed by atoms with E-state index in [1.54, 1.807) is 0 Å². The van der Waals surface area contributed by atoms with E-state index in [1.807, 2.05) is 4.90 Å². The minimum absolute atomic E-state index is 0.215. The van der Waals surface area contributed by atoms with Crippen molar-refractivity contribution in [3.05, 3.63) is 34.9 Å². The van der Waals surface area contributed by atoms with Crippen LogP contribution in [0.3, 0.4) is 0 Å². The number of ether oxygens (including phenoxy) is 1. The molecule has 3 nitrogen and oxygen atoms in total. The number of carbonyl (C=O) groups is 1. The molecule has 1 heterocycles. The smallest absolute Gasteiger partial charge is 0.227 e. The van der Waals surface area contributed by atoms with E-state index in [1.165, 1.54) is 11.1 Å². The van der Waals surface area contributed by atoms with Crippen LogP contribution in [0, 0.1) is 6.92 Å². The lowest BCUT2D eigenvalue weighted by atomic mass is 9.96. The highest BCUT2D eigenvalue weighted by atomic mass is 16.5. The molecule has 104 valence electrons. The number of morpholine rings is 1. The van der Waals surface area contributed by atoms with Crippen molar-refractivity contribution in [2.75, 3.05) is 26.3 Å². The molecular weight excluding hydrogens is 238 g/mol. The molecule has 1 saturated heterocycles. The molecule has 1 aliphatic rings. The second kappa shape index (κ2) is 6.20. The molecule has 1 fully saturated rings. The highest BCUT2D eigenvalue weighted by Gasteiger charge is 2.18. The summed E-state index contributed by atoms with van der Waals surface area (Å²) in [4.78, 5) is 14.2. The normalized spacial score (nSPS) is 15.9. The molecule has 1 aromatic carbocycles. The van der Waals surface area contributed by atoms with Gasteiger partial charge in [-0.15, -0.1) is 0 Å². The van der Waals surface area contributed by atoms with Crippen molar-refractivity contribution in [2.24, 2.45) is 0 Å². The number of aryl methyl sites for hydroxylation is 1. The highest BCUT2D eigenvalue weighted by molar-refractivity contribution is 5.79. The van der Waals surface area contributed by atoms with Gasteiger partial charge >= 0.3 is 0 Å². The molecule has 1 amide bonds. The molecule has 1 aliphatic heterocycles. The van der Waals surface area contributed by atoms with E-state index in [2.05, 4.69) is 39.0 Å². The van der Waals surface area contributed by atoms with E-state index >= 15 is 0 Å². The Hall–Kier alpha value is -1.35. The minimum atomic E-state index is 0.215. The summed E-state index contributed by atoms with van der Waals surface area (Å²) in [5.41, 5.74) is 3.66. The van der Waals surface area contributed by atoms with Gasteiger partial charge < -0.3 is 9.64 Å². The fourth-order valence-corrected chi connectivity index (χ4v) is 2.33. The van der Waals surface area contributed by atoms with Gasteiger partial charge in [0.1, 0.15) is 0 Å². The van der Waals surface area contributed by atoms with Crippen LogP contribution in [0.5, 0.6) is 0 Å². The maximum absolute atomic E-state index is 12.3. The van der Waals surface area contributed by atoms with Gasteiger partial charge in [0.2, 0.25) is 5.91 Å². The zero-order valence-electron chi connectivity index (χ0n) is 12.1. The van der Waals surface area contributed by atoms with E-state index in [-0.39, 0.29) is 5.91 Å². The molecule has 0 unspecified atom stereocenters. The molecular formula is C16H23NO2. The lowest BCUT2D eigenvalue weighted by molar-refractivity contribution is -0.134. The molecule has 1 aromatic rings. The van der Waals surface area contributed by atoms with Crippen molar-refractivity contribution < 1.29 is 9.53 Å². The first-order valence-corrected chi connectivity index (χ1v) is 7.03. The molecule has 0 radical (unpaired) electrons. The molecule has 2 rings (SSSR count). The SMILES string of the molecule is Cc1ccc(C(C)C)cc1CC(=O)N1CCOCC1. The average molecular weight is 261 g/mol. The molecule has 0 aliphatic carbocycles. The molecule has 19 heavy (non-hydrogen) atoms. The van der Waals surface area contributed by atoms with Crippen LogP contribution in [-0.2, 0) is 16.0 Å². The van der Waals surface area contributed by atoms with Crippen molar-refractivity contribution in [3.8, 4) is 0 Å². The van der Waals surface area contributed by atoms with Gasteiger partial charge in [0.05, 0.1) is 19.6 Å². The van der Waals surface area contributed by atoms with E-state index in [9.17, 15) is 4.79 Å². The van der Waals surface area contributed by atoms with E-state index in [0.29, 0.717) is 25.6 Å². The van der Waals surface area contributed by atoms with Crippen molar-refractivity contribution in [1.29, 1.82) is 0 Å². The predicted molar refractivity (Wildman–Crippen MR) is 76.4 cm³/mol. The van der Waals surface area contributed by atoms with Crippen LogP contribution in [-0.4, -0.2) is 37.1 Å². The Morgan fingerprint density at radius 1 is 1.32 bits per heavy atom. The summed E-state index contributed by atoms with van der Waals surface area (Å²) in [6.07, 6.45) is 0.506. The van der Waals surface area contributed by atoms with Crippen molar-refractivity contribution in [1.82, 2.24) is 4.90 Å². The third kappa shape index (κ3) is 3.57. The summed E-state index contributed by atoms with van der Waals surface area (Å²) in [6.45, 7) is 9.21. The van der Waals surface area contributed by atoms with Gasteiger partial charge in [-0.2, -0.15) is 0 Å². The van der Waals surface area contributed by atoms with Gasteiger partial charge in [-0.3, -0.25) is 4.79 Å². The maximum atomic E-state index is 12.3. The van der Waals surface area contributed by atoms with Crippen LogP contribution >= 0.6 is 0 Å². The fourth-order valence-electron chi connectivity index (χ4n) is 2.33. The number of carbonyl (C=O) groups excluding carboxylic acids is 1. The first kappa shape index (κ1) is 14.1. The van der Waals surface area contributed by atoms with Gasteiger partial charge in [0.15, 0.2) is 0 Å². The topological polar surface area (TPSA) is 29.5 Å². The van der Waals surface area contributed by atoms with E-state index in [4.69, 9.17) is 4.74 Å². The minimum Gasteiger partial charge on any atom is -0.378 e. The monoisotopic (exact) mass is 261 g/mol. The van der Waals surface area contributed by atoms with Crippen LogP contribution in [0.1, 0.15) is 36.5 Å². The fraction of sp³-hybridized carbons (Fsp3) is 0.562. The van der Waals surface area contributed by atoms with Crippen molar-refractivity contribution in [3.63, 3.8) is 0 Å². The van der Waals surface area contributed by atoms with Crippen LogP contribution in [0.15, 0.2) is 18.2 Å². The molecule has 0 N–H and O–H groups in total. The number of nitrogens with zero attached hydrogens (tertiary/aromatic N) is 1. The number of hydrogen-bond acceptors (Lipinski definition) is 2. The number of hydrogen-bond donors (Lipinski definition) is 0. The Bertz CT molecular complexity index is 448. The highest BCUT2D eigenvalue weighted by Crippen LogP contribution is 2.19. The summed E-state index contributed by atoms with van der Waals surface area (Å²) in [5.74, 6) is 0.713. The lowest BCUT2D eigenvalue weighted by Gasteiger charge is -2.27. The molecule has 0 bridgehead atoms. The molecule has 0 spiro atoms. The molecule has 0 atom stereocenters. The second-order valence-electron chi connectivity index (χ2n) is 5.51. The summed E-state index contributed by atoms with van der Waals surface area (Å²) in [7, 11) is 0. The maximum Gasteiger partial charge on any atom is 0.227 e. The quantitative estimate of drug-likeness (QED) is 0.836. The zero-order valence-corrected chi connectivity index (χ0v) is 12.1. The van der Waals surface area contributed by atoms with Gasteiger partial charge in [-0.05, 0) is 29.5 Å². The van der Waals surface area contributed by atoms with E-state index < -0.39 is 0 Å². The van der Waals surface area contributed by atoms with Crippen LogP contribution in [0.4, 0.5) is 0 Å². The summed E-state index contributed by atoms with van der Waals surface area (Å²) in [6, 6.07) is 6.46. The zero-order chi connectivity index (χ0) is 13.8.